The summed E-state index contributed by atoms with van der Waals surface area (Å²) in [6.45, 7) is 3.88. The number of hydrogen-bond donors (Lipinski definition) is 1. The third kappa shape index (κ3) is 2.38. The molecule has 4 heteroatoms. The van der Waals surface area contributed by atoms with Crippen LogP contribution in [0.3, 0.4) is 0 Å². The molecule has 0 aromatic carbocycles. The maximum atomic E-state index is 13.8. The van der Waals surface area contributed by atoms with Crippen LogP contribution in [0.4, 0.5) is 4.39 Å². The van der Waals surface area contributed by atoms with E-state index in [2.05, 4.69) is 15.3 Å². The molecule has 2 aromatic heterocycles. The van der Waals surface area contributed by atoms with Crippen molar-refractivity contribution in [2.45, 2.75) is 19.9 Å². The van der Waals surface area contributed by atoms with Gasteiger partial charge in [0.1, 0.15) is 5.82 Å². The number of nitrogens with zero attached hydrogens (tertiary/aromatic N) is 2. The molecule has 0 aliphatic carbocycles. The molecule has 0 saturated heterocycles. The molecule has 1 unspecified atom stereocenters. The molecular formula is C14H16FN3. The minimum atomic E-state index is -0.308. The number of aromatic nitrogens is 2. The Balaban J connectivity index is 2.49. The predicted octanol–water partition coefficient (Wildman–Crippen LogP) is 2.54. The van der Waals surface area contributed by atoms with Crippen molar-refractivity contribution in [3.8, 4) is 0 Å². The summed E-state index contributed by atoms with van der Waals surface area (Å²) in [6.07, 6.45) is 2.83. The molecule has 0 aliphatic rings. The van der Waals surface area contributed by atoms with Gasteiger partial charge < -0.3 is 5.32 Å². The van der Waals surface area contributed by atoms with Crippen LogP contribution in [0.5, 0.6) is 0 Å². The van der Waals surface area contributed by atoms with Gasteiger partial charge in [0.05, 0.1) is 12.2 Å². The van der Waals surface area contributed by atoms with E-state index in [0.717, 1.165) is 17.0 Å². The van der Waals surface area contributed by atoms with Crippen LogP contribution >= 0.6 is 0 Å². The highest BCUT2D eigenvalue weighted by Crippen LogP contribution is 2.25. The molecule has 0 spiro atoms. The van der Waals surface area contributed by atoms with E-state index < -0.39 is 0 Å². The third-order valence-corrected chi connectivity index (χ3v) is 2.98. The van der Waals surface area contributed by atoms with Crippen molar-refractivity contribution in [1.29, 1.82) is 0 Å². The molecular weight excluding hydrogens is 229 g/mol. The Morgan fingerprint density at radius 3 is 2.56 bits per heavy atom. The predicted molar refractivity (Wildman–Crippen MR) is 68.8 cm³/mol. The number of hydrogen-bond acceptors (Lipinski definition) is 3. The zero-order chi connectivity index (χ0) is 13.1. The van der Waals surface area contributed by atoms with Crippen molar-refractivity contribution in [3.05, 3.63) is 58.9 Å². The summed E-state index contributed by atoms with van der Waals surface area (Å²) in [5.74, 6) is -0.308. The quantitative estimate of drug-likeness (QED) is 0.903. The molecule has 2 aromatic rings. The molecule has 0 saturated carbocycles. The Morgan fingerprint density at radius 1 is 1.17 bits per heavy atom. The maximum Gasteiger partial charge on any atom is 0.146 e. The molecule has 0 amide bonds. The monoisotopic (exact) mass is 245 g/mol. The molecule has 0 aliphatic heterocycles. The summed E-state index contributed by atoms with van der Waals surface area (Å²) in [7, 11) is 1.81. The van der Waals surface area contributed by atoms with Gasteiger partial charge in [0, 0.05) is 23.1 Å². The lowest BCUT2D eigenvalue weighted by atomic mass is 9.98. The first-order chi connectivity index (χ1) is 8.63. The summed E-state index contributed by atoms with van der Waals surface area (Å²) in [4.78, 5) is 8.19. The highest BCUT2D eigenvalue weighted by molar-refractivity contribution is 5.34. The maximum absolute atomic E-state index is 13.8. The Morgan fingerprint density at radius 2 is 1.94 bits per heavy atom. The summed E-state index contributed by atoms with van der Waals surface area (Å²) in [5.41, 5.74) is 3.43. The molecule has 0 radical (unpaired) electrons. The van der Waals surface area contributed by atoms with Gasteiger partial charge in [-0.1, -0.05) is 6.07 Å². The summed E-state index contributed by atoms with van der Waals surface area (Å²) >= 11 is 0. The van der Waals surface area contributed by atoms with Crippen molar-refractivity contribution in [1.82, 2.24) is 15.3 Å². The first-order valence-electron chi connectivity index (χ1n) is 5.84. The normalized spacial score (nSPS) is 12.4. The van der Waals surface area contributed by atoms with E-state index in [1.54, 1.807) is 12.3 Å². The van der Waals surface area contributed by atoms with Crippen LogP contribution in [0.15, 0.2) is 30.6 Å². The van der Waals surface area contributed by atoms with Crippen LogP contribution in [0, 0.1) is 19.7 Å². The minimum absolute atomic E-state index is 0.207. The number of nitrogens with one attached hydrogen (secondary N) is 1. The van der Waals surface area contributed by atoms with E-state index in [4.69, 9.17) is 0 Å². The van der Waals surface area contributed by atoms with Gasteiger partial charge in [-0.15, -0.1) is 0 Å². The Hall–Kier alpha value is -1.81. The third-order valence-electron chi connectivity index (χ3n) is 2.98. The highest BCUT2D eigenvalue weighted by Gasteiger charge is 2.18. The number of pyridine rings is 2. The van der Waals surface area contributed by atoms with Crippen molar-refractivity contribution in [3.63, 3.8) is 0 Å². The van der Waals surface area contributed by atoms with E-state index in [9.17, 15) is 4.39 Å². The number of rotatable bonds is 3. The second-order valence-electron chi connectivity index (χ2n) is 4.25. The summed E-state index contributed by atoms with van der Waals surface area (Å²) in [6, 6.07) is 5.40. The van der Waals surface area contributed by atoms with Crippen molar-refractivity contribution in [2.75, 3.05) is 7.05 Å². The van der Waals surface area contributed by atoms with Gasteiger partial charge in [-0.2, -0.15) is 0 Å². The Bertz CT molecular complexity index is 554. The van der Waals surface area contributed by atoms with Crippen LogP contribution in [0.2, 0.25) is 0 Å². The number of aryl methyl sites for hydroxylation is 2. The minimum Gasteiger partial charge on any atom is -0.309 e. The SMILES string of the molecule is CNC(c1ccncc1F)c1ccc(C)nc1C. The van der Waals surface area contributed by atoms with Crippen molar-refractivity contribution >= 4 is 0 Å². The molecule has 94 valence electrons. The molecule has 3 nitrogen and oxygen atoms in total. The van der Waals surface area contributed by atoms with E-state index in [1.165, 1.54) is 6.20 Å². The average molecular weight is 245 g/mol. The van der Waals surface area contributed by atoms with E-state index in [0.29, 0.717) is 5.56 Å². The lowest BCUT2D eigenvalue weighted by Crippen LogP contribution is -2.20. The first kappa shape index (κ1) is 12.6. The van der Waals surface area contributed by atoms with Gasteiger partial charge in [0.2, 0.25) is 0 Å². The van der Waals surface area contributed by atoms with Crippen molar-refractivity contribution in [2.24, 2.45) is 0 Å². The highest BCUT2D eigenvalue weighted by atomic mass is 19.1. The van der Waals surface area contributed by atoms with Crippen LogP contribution in [-0.2, 0) is 0 Å². The summed E-state index contributed by atoms with van der Waals surface area (Å²) in [5, 5.41) is 3.13. The van der Waals surface area contributed by atoms with Crippen LogP contribution in [0.25, 0.3) is 0 Å². The van der Waals surface area contributed by atoms with Gasteiger partial charge in [-0.05, 0) is 38.6 Å². The second kappa shape index (κ2) is 5.23. The van der Waals surface area contributed by atoms with Crippen LogP contribution < -0.4 is 5.32 Å². The van der Waals surface area contributed by atoms with Crippen molar-refractivity contribution < 1.29 is 4.39 Å². The molecule has 0 fully saturated rings. The molecule has 1 atom stereocenters. The topological polar surface area (TPSA) is 37.8 Å². The second-order valence-corrected chi connectivity index (χ2v) is 4.25. The molecule has 2 heterocycles. The fraction of sp³-hybridized carbons (Fsp3) is 0.286. The standard InChI is InChI=1S/C14H16FN3/c1-9-4-5-11(10(2)18-9)14(16-3)12-6-7-17-8-13(12)15/h4-8,14,16H,1-3H3. The van der Waals surface area contributed by atoms with E-state index in [1.807, 2.05) is 33.0 Å². The molecule has 0 bridgehead atoms. The lowest BCUT2D eigenvalue weighted by molar-refractivity contribution is 0.569. The van der Waals surface area contributed by atoms with Gasteiger partial charge >= 0.3 is 0 Å². The van der Waals surface area contributed by atoms with Gasteiger partial charge in [-0.25, -0.2) is 4.39 Å². The smallest absolute Gasteiger partial charge is 0.146 e. The zero-order valence-electron chi connectivity index (χ0n) is 10.7. The van der Waals surface area contributed by atoms with E-state index >= 15 is 0 Å². The first-order valence-corrected chi connectivity index (χ1v) is 5.84. The fourth-order valence-corrected chi connectivity index (χ4v) is 2.10. The Kier molecular flexibility index (Phi) is 3.67. The van der Waals surface area contributed by atoms with Gasteiger partial charge in [0.15, 0.2) is 0 Å². The molecule has 2 rings (SSSR count). The Labute approximate surface area is 106 Å². The molecule has 1 N–H and O–H groups in total. The van der Waals surface area contributed by atoms with E-state index in [-0.39, 0.29) is 11.9 Å². The number of halogens is 1. The van der Waals surface area contributed by atoms with Gasteiger partial charge in [-0.3, -0.25) is 9.97 Å². The van der Waals surface area contributed by atoms with Crippen LogP contribution in [-0.4, -0.2) is 17.0 Å². The lowest BCUT2D eigenvalue weighted by Gasteiger charge is -2.19. The molecule has 18 heavy (non-hydrogen) atoms. The largest absolute Gasteiger partial charge is 0.309 e. The fourth-order valence-electron chi connectivity index (χ4n) is 2.10. The summed E-state index contributed by atoms with van der Waals surface area (Å²) < 4.78 is 13.8. The average Bonchev–Trinajstić information content (AvgIpc) is 2.34. The van der Waals surface area contributed by atoms with Crippen LogP contribution in [0.1, 0.15) is 28.6 Å². The zero-order valence-corrected chi connectivity index (χ0v) is 10.7. The van der Waals surface area contributed by atoms with Gasteiger partial charge in [0.25, 0.3) is 0 Å².